The minimum Gasteiger partial charge on any atom is -0.316 e. The average molecular weight is 361 g/mol. The fourth-order valence-electron chi connectivity index (χ4n) is 2.95. The number of hydrogen-bond donors (Lipinski definition) is 2. The highest BCUT2D eigenvalue weighted by atomic mass is 32.2. The number of fused-ring (bicyclic) bond motifs is 1. The van der Waals surface area contributed by atoms with E-state index in [1.54, 1.807) is 4.57 Å². The van der Waals surface area contributed by atoms with Crippen LogP contribution in [-0.4, -0.2) is 26.4 Å². The van der Waals surface area contributed by atoms with Gasteiger partial charge in [0.15, 0.2) is 5.16 Å². The third kappa shape index (κ3) is 2.76. The number of carbonyl (C=O) groups excluding carboxylic acids is 1. The van der Waals surface area contributed by atoms with Crippen molar-refractivity contribution >= 4 is 34.0 Å². The number of nitriles is 1. The highest BCUT2D eigenvalue weighted by Crippen LogP contribution is 2.39. The summed E-state index contributed by atoms with van der Waals surface area (Å²) in [6, 6.07) is 2.43. The number of nitrogens with zero attached hydrogens (tertiary/aromatic N) is 3. The maximum absolute atomic E-state index is 12.2. The lowest BCUT2D eigenvalue weighted by Crippen LogP contribution is -2.17. The molecule has 0 saturated heterocycles. The van der Waals surface area contributed by atoms with Gasteiger partial charge >= 0.3 is 5.69 Å². The van der Waals surface area contributed by atoms with Crippen molar-refractivity contribution in [2.45, 2.75) is 43.3 Å². The third-order valence-corrected chi connectivity index (χ3v) is 6.36. The fraction of sp³-hybridized carbons (Fsp3) is 0.467. The van der Waals surface area contributed by atoms with Crippen molar-refractivity contribution in [1.29, 1.82) is 5.26 Å². The van der Waals surface area contributed by atoms with E-state index in [9.17, 15) is 14.9 Å². The number of H-pyrrole nitrogens is 1. The van der Waals surface area contributed by atoms with E-state index in [0.717, 1.165) is 37.7 Å². The summed E-state index contributed by atoms with van der Waals surface area (Å²) in [5, 5.41) is 19.8. The van der Waals surface area contributed by atoms with Crippen LogP contribution in [0.5, 0.6) is 0 Å². The molecule has 0 aromatic carbocycles. The number of thioether (sulfide) groups is 1. The molecule has 2 heterocycles. The second-order valence-electron chi connectivity index (χ2n) is 5.92. The van der Waals surface area contributed by atoms with Crippen molar-refractivity contribution in [2.75, 3.05) is 11.1 Å². The molecule has 2 aromatic heterocycles. The van der Waals surface area contributed by atoms with E-state index in [4.69, 9.17) is 0 Å². The number of carbonyl (C=O) groups is 1. The van der Waals surface area contributed by atoms with E-state index in [1.807, 2.05) is 0 Å². The van der Waals surface area contributed by atoms with Gasteiger partial charge in [0.2, 0.25) is 5.91 Å². The van der Waals surface area contributed by atoms with Gasteiger partial charge in [-0.15, -0.1) is 16.4 Å². The van der Waals surface area contributed by atoms with Crippen molar-refractivity contribution < 1.29 is 4.79 Å². The summed E-state index contributed by atoms with van der Waals surface area (Å²) < 4.78 is 1.62. The van der Waals surface area contributed by atoms with Crippen molar-refractivity contribution in [3.05, 3.63) is 26.5 Å². The van der Waals surface area contributed by atoms with Gasteiger partial charge in [0.25, 0.3) is 0 Å². The Morgan fingerprint density at radius 3 is 3.08 bits per heavy atom. The Kier molecular flexibility index (Phi) is 3.94. The van der Waals surface area contributed by atoms with E-state index in [0.29, 0.717) is 15.7 Å². The summed E-state index contributed by atoms with van der Waals surface area (Å²) in [5.41, 5.74) is 1.49. The zero-order chi connectivity index (χ0) is 16.7. The molecule has 24 heavy (non-hydrogen) atoms. The normalized spacial score (nSPS) is 16.0. The fourth-order valence-corrected chi connectivity index (χ4v) is 5.02. The number of rotatable bonds is 5. The van der Waals surface area contributed by atoms with Gasteiger partial charge in [-0.2, -0.15) is 5.26 Å². The van der Waals surface area contributed by atoms with Gasteiger partial charge in [-0.3, -0.25) is 9.36 Å². The summed E-state index contributed by atoms with van der Waals surface area (Å²) >= 11 is 2.74. The molecular formula is C15H15N5O2S2. The van der Waals surface area contributed by atoms with E-state index in [2.05, 4.69) is 21.6 Å². The number of hydrogen-bond acceptors (Lipinski definition) is 6. The van der Waals surface area contributed by atoms with Crippen molar-refractivity contribution in [3.8, 4) is 6.07 Å². The number of nitrogens with one attached hydrogen (secondary N) is 2. The standard InChI is InChI=1S/C15H15N5O2S2/c16-6-10-9-2-1-3-11(9)24-13(10)17-12(21)7-23-15-19-18-14(22)20(15)8-4-5-8/h8H,1-5,7H2,(H,17,21)(H,18,22). The number of anilines is 1. The molecule has 124 valence electrons. The summed E-state index contributed by atoms with van der Waals surface area (Å²) in [7, 11) is 0. The zero-order valence-corrected chi connectivity index (χ0v) is 14.4. The maximum Gasteiger partial charge on any atom is 0.344 e. The van der Waals surface area contributed by atoms with Crippen LogP contribution in [0.1, 0.15) is 41.3 Å². The van der Waals surface area contributed by atoms with Crippen LogP contribution >= 0.6 is 23.1 Å². The number of aromatic nitrogens is 3. The summed E-state index contributed by atoms with van der Waals surface area (Å²) in [4.78, 5) is 25.2. The molecule has 9 heteroatoms. The minimum absolute atomic E-state index is 0.157. The Labute approximate surface area is 146 Å². The SMILES string of the molecule is N#Cc1c(NC(=O)CSc2n[nH]c(=O)n2C2CC2)sc2c1CCC2. The second kappa shape index (κ2) is 6.11. The molecule has 1 saturated carbocycles. The second-order valence-corrected chi connectivity index (χ2v) is 7.97. The smallest absolute Gasteiger partial charge is 0.316 e. The molecule has 2 N–H and O–H groups in total. The number of thiophene rings is 1. The van der Waals surface area contributed by atoms with E-state index in [-0.39, 0.29) is 23.4 Å². The molecule has 1 amide bonds. The lowest BCUT2D eigenvalue weighted by atomic mass is 10.1. The molecular weight excluding hydrogens is 346 g/mol. The first-order valence-electron chi connectivity index (χ1n) is 7.81. The van der Waals surface area contributed by atoms with Crippen LogP contribution in [0, 0.1) is 11.3 Å². The zero-order valence-electron chi connectivity index (χ0n) is 12.8. The Bertz CT molecular complexity index is 900. The molecule has 0 radical (unpaired) electrons. The first kappa shape index (κ1) is 15.5. The Balaban J connectivity index is 1.43. The lowest BCUT2D eigenvalue weighted by molar-refractivity contribution is -0.113. The molecule has 0 aliphatic heterocycles. The van der Waals surface area contributed by atoms with Gasteiger partial charge in [-0.05, 0) is 37.7 Å². The molecule has 2 aliphatic rings. The number of aromatic amines is 1. The van der Waals surface area contributed by atoms with Gasteiger partial charge < -0.3 is 5.32 Å². The first-order valence-corrected chi connectivity index (χ1v) is 9.61. The highest BCUT2D eigenvalue weighted by molar-refractivity contribution is 7.99. The quantitative estimate of drug-likeness (QED) is 0.794. The van der Waals surface area contributed by atoms with Crippen LogP contribution < -0.4 is 11.0 Å². The van der Waals surface area contributed by atoms with Crippen LogP contribution in [0.15, 0.2) is 9.95 Å². The van der Waals surface area contributed by atoms with Gasteiger partial charge in [-0.25, -0.2) is 9.89 Å². The minimum atomic E-state index is -0.221. The first-order chi connectivity index (χ1) is 11.7. The lowest BCUT2D eigenvalue weighted by Gasteiger charge is -2.05. The average Bonchev–Trinajstić information content (AvgIpc) is 3.03. The predicted octanol–water partition coefficient (Wildman–Crippen LogP) is 2.06. The summed E-state index contributed by atoms with van der Waals surface area (Å²) in [5.74, 6) is -0.0287. The Morgan fingerprint density at radius 1 is 1.50 bits per heavy atom. The van der Waals surface area contributed by atoms with Crippen molar-refractivity contribution in [3.63, 3.8) is 0 Å². The summed E-state index contributed by atoms with van der Waals surface area (Å²) in [6.45, 7) is 0. The van der Waals surface area contributed by atoms with Crippen LogP contribution in [0.4, 0.5) is 5.00 Å². The molecule has 0 bridgehead atoms. The maximum atomic E-state index is 12.2. The van der Waals surface area contributed by atoms with Gasteiger partial charge in [0.05, 0.1) is 11.3 Å². The molecule has 2 aromatic rings. The van der Waals surface area contributed by atoms with Crippen molar-refractivity contribution in [2.24, 2.45) is 0 Å². The van der Waals surface area contributed by atoms with Gasteiger partial charge in [0.1, 0.15) is 11.1 Å². The largest absolute Gasteiger partial charge is 0.344 e. The van der Waals surface area contributed by atoms with Gasteiger partial charge in [-0.1, -0.05) is 11.8 Å². The van der Waals surface area contributed by atoms with E-state index < -0.39 is 0 Å². The van der Waals surface area contributed by atoms with E-state index in [1.165, 1.54) is 28.0 Å². The predicted molar refractivity (Wildman–Crippen MR) is 91.5 cm³/mol. The topological polar surface area (TPSA) is 104 Å². The summed E-state index contributed by atoms with van der Waals surface area (Å²) in [6.07, 6.45) is 4.94. The molecule has 4 rings (SSSR count). The molecule has 0 unspecified atom stereocenters. The Hall–Kier alpha value is -2.05. The van der Waals surface area contributed by atoms with Gasteiger partial charge in [0, 0.05) is 10.9 Å². The monoisotopic (exact) mass is 361 g/mol. The van der Waals surface area contributed by atoms with Crippen molar-refractivity contribution in [1.82, 2.24) is 14.8 Å². The molecule has 2 aliphatic carbocycles. The van der Waals surface area contributed by atoms with Crippen LogP contribution in [0.25, 0.3) is 0 Å². The molecule has 0 spiro atoms. The van der Waals surface area contributed by atoms with E-state index >= 15 is 0 Å². The number of aryl methyl sites for hydroxylation is 1. The van der Waals surface area contributed by atoms with Crippen LogP contribution in [0.3, 0.4) is 0 Å². The highest BCUT2D eigenvalue weighted by Gasteiger charge is 2.29. The third-order valence-electron chi connectivity index (χ3n) is 4.20. The van der Waals surface area contributed by atoms with Crippen LogP contribution in [-0.2, 0) is 17.6 Å². The number of amides is 1. The molecule has 0 atom stereocenters. The Morgan fingerprint density at radius 2 is 2.33 bits per heavy atom. The van der Waals surface area contributed by atoms with Crippen LogP contribution in [0.2, 0.25) is 0 Å². The molecule has 7 nitrogen and oxygen atoms in total. The molecule has 1 fully saturated rings.